The minimum Gasteiger partial charge on any atom is -0.397 e. The Bertz CT molecular complexity index is 3220. The first kappa shape index (κ1) is 45.0. The van der Waals surface area contributed by atoms with Crippen molar-refractivity contribution in [1.29, 1.82) is 0 Å². The van der Waals surface area contributed by atoms with E-state index in [0.29, 0.717) is 47.3 Å². The fourth-order valence-electron chi connectivity index (χ4n) is 9.00. The summed E-state index contributed by atoms with van der Waals surface area (Å²) in [7, 11) is 0. The molecule has 6 heterocycles. The highest BCUT2D eigenvalue weighted by atomic mass is 19.2. The number of aryl methyl sites for hydroxylation is 4. The average molecular weight is 926 g/mol. The van der Waals surface area contributed by atoms with Crippen molar-refractivity contribution in [3.63, 3.8) is 0 Å². The molecule has 68 heavy (non-hydrogen) atoms. The first-order valence-electron chi connectivity index (χ1n) is 21.7. The van der Waals surface area contributed by atoms with E-state index in [1.54, 1.807) is 37.5 Å². The van der Waals surface area contributed by atoms with Gasteiger partial charge in [0.1, 0.15) is 23.4 Å². The Morgan fingerprint density at radius 3 is 1.94 bits per heavy atom. The number of nitrogens with two attached hydrogens (primary N) is 1. The number of amides is 3. The van der Waals surface area contributed by atoms with Crippen LogP contribution >= 0.6 is 0 Å². The fourth-order valence-corrected chi connectivity index (χ4v) is 9.00. The zero-order valence-corrected chi connectivity index (χ0v) is 37.2. The third-order valence-corrected chi connectivity index (χ3v) is 12.2. The molecule has 2 fully saturated rings. The minimum absolute atomic E-state index is 0.117. The number of nitrogens with zero attached hydrogens (tertiary/aromatic N) is 7. The molecular weight excluding hydrogens is 883 g/mol. The zero-order chi connectivity index (χ0) is 48.0. The average Bonchev–Trinajstić information content (AvgIpc) is 4.15. The largest absolute Gasteiger partial charge is 0.397 e. The summed E-state index contributed by atoms with van der Waals surface area (Å²) in [5.41, 5.74) is 14.7. The van der Waals surface area contributed by atoms with Crippen molar-refractivity contribution in [1.82, 2.24) is 24.8 Å². The molecule has 4 aromatic heterocycles. The molecule has 2 aliphatic rings. The quantitative estimate of drug-likeness (QED) is 0.105. The molecule has 0 saturated carbocycles. The van der Waals surface area contributed by atoms with Crippen molar-refractivity contribution in [2.24, 2.45) is 0 Å². The zero-order valence-electron chi connectivity index (χ0n) is 37.2. The summed E-state index contributed by atoms with van der Waals surface area (Å²) in [5.74, 6) is -3.03. The van der Waals surface area contributed by atoms with E-state index in [2.05, 4.69) is 25.2 Å². The van der Waals surface area contributed by atoms with E-state index in [9.17, 15) is 31.9 Å². The maximum Gasteiger partial charge on any atom is 0.247 e. The van der Waals surface area contributed by atoms with Gasteiger partial charge in [-0.1, -0.05) is 28.5 Å². The molecule has 4 aromatic carbocycles. The number of nitrogens with one attached hydrogen (secondary N) is 1. The van der Waals surface area contributed by atoms with Crippen LogP contribution in [0.2, 0.25) is 0 Å². The van der Waals surface area contributed by atoms with Crippen LogP contribution in [0, 0.1) is 51.0 Å². The number of rotatable bonds is 9. The number of carbonyl (C=O) groups is 3. The third-order valence-electron chi connectivity index (χ3n) is 12.2. The van der Waals surface area contributed by atoms with Gasteiger partial charge in [0, 0.05) is 59.9 Å². The van der Waals surface area contributed by atoms with Gasteiger partial charge in [0.2, 0.25) is 17.7 Å². The van der Waals surface area contributed by atoms with Crippen molar-refractivity contribution >= 4 is 51.5 Å². The van der Waals surface area contributed by atoms with Crippen LogP contribution in [0.4, 0.5) is 40.3 Å². The SMILES string of the molecule is Cc1noc(C)c1-c1ccc(N)c(NC(=O)[C@@H]2CCC(=O)N2c2ccc(F)c(F)c2)c1.Cc1noc(C)c1-c1ccc2c(c1)nc([C@@H]1CCC(=O)N1c1ccc(F)c(F)c1)n2Cc1cccnc1. The summed E-state index contributed by atoms with van der Waals surface area (Å²) >= 11 is 0. The number of hydrogen-bond donors (Lipinski definition) is 2. The highest BCUT2D eigenvalue weighted by molar-refractivity contribution is 6.08. The molecule has 0 radical (unpaired) electrons. The smallest absolute Gasteiger partial charge is 0.247 e. The fraction of sp³-hybridized carbons (Fsp3) is 0.220. The van der Waals surface area contributed by atoms with E-state index in [1.807, 2.05) is 51.1 Å². The molecule has 3 amide bonds. The van der Waals surface area contributed by atoms with Gasteiger partial charge in [-0.15, -0.1) is 0 Å². The second kappa shape index (κ2) is 18.3. The highest BCUT2D eigenvalue weighted by Crippen LogP contribution is 2.40. The van der Waals surface area contributed by atoms with Crippen LogP contribution in [0.15, 0.2) is 106 Å². The summed E-state index contributed by atoms with van der Waals surface area (Å²) in [4.78, 5) is 50.3. The van der Waals surface area contributed by atoms with Gasteiger partial charge in [-0.2, -0.15) is 0 Å². The van der Waals surface area contributed by atoms with Gasteiger partial charge in [0.15, 0.2) is 23.3 Å². The number of pyridine rings is 1. The predicted molar refractivity (Wildman–Crippen MR) is 245 cm³/mol. The van der Waals surface area contributed by atoms with Crippen molar-refractivity contribution in [2.75, 3.05) is 20.9 Å². The van der Waals surface area contributed by atoms with E-state index >= 15 is 0 Å². The Hall–Kier alpha value is -8.15. The van der Waals surface area contributed by atoms with Crippen LogP contribution in [0.1, 0.15) is 66.0 Å². The Balaban J connectivity index is 0.000000173. The number of anilines is 4. The lowest BCUT2D eigenvalue weighted by atomic mass is 10.0. The van der Waals surface area contributed by atoms with Crippen LogP contribution in [0.25, 0.3) is 33.3 Å². The van der Waals surface area contributed by atoms with Gasteiger partial charge >= 0.3 is 0 Å². The molecule has 14 nitrogen and oxygen atoms in total. The van der Waals surface area contributed by atoms with Gasteiger partial charge in [0.25, 0.3) is 0 Å². The maximum atomic E-state index is 14.1. The second-order valence-corrected chi connectivity index (χ2v) is 16.6. The van der Waals surface area contributed by atoms with Gasteiger partial charge < -0.3 is 29.6 Å². The summed E-state index contributed by atoms with van der Waals surface area (Å²) < 4.78 is 67.4. The number of halogens is 4. The van der Waals surface area contributed by atoms with E-state index in [0.717, 1.165) is 74.6 Å². The molecule has 3 N–H and O–H groups in total. The van der Waals surface area contributed by atoms with Crippen LogP contribution in [0.5, 0.6) is 0 Å². The summed E-state index contributed by atoms with van der Waals surface area (Å²) in [5, 5.41) is 10.8. The van der Waals surface area contributed by atoms with Crippen LogP contribution < -0.4 is 20.9 Å². The van der Waals surface area contributed by atoms with Crippen molar-refractivity contribution in [2.45, 2.75) is 72.0 Å². The summed E-state index contributed by atoms with van der Waals surface area (Å²) in [6.07, 6.45) is 4.65. The van der Waals surface area contributed by atoms with Crippen LogP contribution in [-0.2, 0) is 20.9 Å². The number of carbonyl (C=O) groups excluding carboxylic acids is 3. The normalized spacial score (nSPS) is 15.9. The van der Waals surface area contributed by atoms with Gasteiger partial charge in [-0.25, -0.2) is 22.5 Å². The van der Waals surface area contributed by atoms with Crippen LogP contribution in [-0.4, -0.2) is 48.6 Å². The number of hydrogen-bond acceptors (Lipinski definition) is 10. The molecule has 10 rings (SSSR count). The van der Waals surface area contributed by atoms with Crippen molar-refractivity contribution in [3.05, 3.63) is 155 Å². The maximum absolute atomic E-state index is 14.1. The number of aromatic nitrogens is 5. The molecular formula is C50H43F4N9O5. The molecule has 2 saturated heterocycles. The van der Waals surface area contributed by atoms with Crippen molar-refractivity contribution in [3.8, 4) is 22.3 Å². The molecule has 346 valence electrons. The summed E-state index contributed by atoms with van der Waals surface area (Å²) in [6.45, 7) is 7.85. The lowest BCUT2D eigenvalue weighted by Crippen LogP contribution is -2.42. The standard InChI is InChI=1S/C28H23F2N5O2.C22H20F2N4O3/c1-16-27(17(2)37-33-16)19-5-8-24-23(12-19)32-28(34(24)15-18-4-3-11-31-14-18)25-9-10-26(36)35(25)20-6-7-21(29)22(30)13-20;1-11-21(12(2)31-27-11)13-3-6-17(25)18(9-13)26-22(30)19-7-8-20(29)28(19)14-4-5-15(23)16(24)10-14/h3-8,11-14,25H,9-10,15H2,1-2H3;3-6,9-10,19H,7-8,25H2,1-2H3,(H,26,30)/t25-;19-/m00/s1. The molecule has 0 spiro atoms. The number of benzene rings is 4. The molecule has 8 aromatic rings. The Morgan fingerprint density at radius 2 is 1.34 bits per heavy atom. The van der Waals surface area contributed by atoms with Crippen LogP contribution in [0.3, 0.4) is 0 Å². The van der Waals surface area contributed by atoms with E-state index in [-0.39, 0.29) is 36.8 Å². The third kappa shape index (κ3) is 8.55. The first-order valence-corrected chi connectivity index (χ1v) is 21.7. The monoisotopic (exact) mass is 925 g/mol. The molecule has 0 aliphatic carbocycles. The first-order chi connectivity index (χ1) is 32.7. The lowest BCUT2D eigenvalue weighted by Gasteiger charge is -2.25. The number of fused-ring (bicyclic) bond motifs is 1. The highest BCUT2D eigenvalue weighted by Gasteiger charge is 2.39. The predicted octanol–water partition coefficient (Wildman–Crippen LogP) is 9.85. The van der Waals surface area contributed by atoms with E-state index in [1.165, 1.54) is 21.9 Å². The minimum atomic E-state index is -1.09. The molecule has 0 unspecified atom stereocenters. The second-order valence-electron chi connectivity index (χ2n) is 16.6. The van der Waals surface area contributed by atoms with E-state index < -0.39 is 41.3 Å². The Kier molecular flexibility index (Phi) is 12.1. The molecule has 0 bridgehead atoms. The van der Waals surface area contributed by atoms with Crippen molar-refractivity contribution < 1.29 is 41.0 Å². The van der Waals surface area contributed by atoms with E-state index in [4.69, 9.17) is 19.8 Å². The molecule has 2 aliphatic heterocycles. The lowest BCUT2D eigenvalue weighted by molar-refractivity contribution is -0.120. The van der Waals surface area contributed by atoms with Gasteiger partial charge in [-0.3, -0.25) is 24.3 Å². The topological polar surface area (TPSA) is 179 Å². The summed E-state index contributed by atoms with van der Waals surface area (Å²) in [6, 6.07) is 20.3. The Labute approximate surface area is 386 Å². The molecule has 18 heteroatoms. The van der Waals surface area contributed by atoms with Gasteiger partial charge in [-0.05, 0) is 112 Å². The van der Waals surface area contributed by atoms with Gasteiger partial charge in [0.05, 0.1) is 46.4 Å². The number of imidazole rings is 1. The Morgan fingerprint density at radius 1 is 0.735 bits per heavy atom. The molecule has 2 atom stereocenters. The number of nitrogen functional groups attached to an aromatic ring is 1.